The van der Waals surface area contributed by atoms with Gasteiger partial charge < -0.3 is 14.2 Å². The predicted molar refractivity (Wildman–Crippen MR) is 103 cm³/mol. The Morgan fingerprint density at radius 1 is 0.654 bits per heavy atom. The van der Waals surface area contributed by atoms with E-state index in [9.17, 15) is 0 Å². The third-order valence-corrected chi connectivity index (χ3v) is 4.03. The third-order valence-electron chi connectivity index (χ3n) is 4.03. The second-order valence-electron chi connectivity index (χ2n) is 6.10. The zero-order valence-electron chi connectivity index (χ0n) is 15.0. The van der Waals surface area contributed by atoms with Gasteiger partial charge in [-0.05, 0) is 29.7 Å². The van der Waals surface area contributed by atoms with Crippen LogP contribution >= 0.6 is 0 Å². The maximum absolute atomic E-state index is 5.96. The van der Waals surface area contributed by atoms with Crippen LogP contribution in [0.3, 0.4) is 0 Å². The van der Waals surface area contributed by atoms with Gasteiger partial charge in [0.25, 0.3) is 0 Å². The van der Waals surface area contributed by atoms with Crippen molar-refractivity contribution in [2.75, 3.05) is 6.61 Å². The van der Waals surface area contributed by atoms with Crippen molar-refractivity contribution in [1.29, 1.82) is 0 Å². The molecule has 0 aliphatic heterocycles. The summed E-state index contributed by atoms with van der Waals surface area (Å²) in [5.74, 6) is 0.851. The fourth-order valence-electron chi connectivity index (χ4n) is 2.55. The Morgan fingerprint density at radius 2 is 1.15 bits per heavy atom. The molecule has 0 bridgehead atoms. The molecule has 0 amide bonds. The van der Waals surface area contributed by atoms with Gasteiger partial charge in [0.1, 0.15) is 12.4 Å². The standard InChI is InChI=1S/C23H24O3/c1-19-10-8-9-15-22(19)24-18-23(25-16-20-11-4-2-5-12-20)26-17-21-13-6-3-7-14-21/h2-15,23H,16-18H2,1H3. The van der Waals surface area contributed by atoms with Gasteiger partial charge in [-0.2, -0.15) is 0 Å². The minimum Gasteiger partial charge on any atom is -0.488 e. The van der Waals surface area contributed by atoms with E-state index in [1.807, 2.05) is 91.9 Å². The van der Waals surface area contributed by atoms with Crippen molar-refractivity contribution < 1.29 is 14.2 Å². The van der Waals surface area contributed by atoms with Crippen LogP contribution in [-0.2, 0) is 22.7 Å². The summed E-state index contributed by atoms with van der Waals surface area (Å²) in [5.41, 5.74) is 3.31. The van der Waals surface area contributed by atoms with Gasteiger partial charge >= 0.3 is 0 Å². The van der Waals surface area contributed by atoms with E-state index >= 15 is 0 Å². The molecule has 3 aromatic carbocycles. The average Bonchev–Trinajstić information content (AvgIpc) is 2.70. The van der Waals surface area contributed by atoms with Crippen LogP contribution in [0.4, 0.5) is 0 Å². The van der Waals surface area contributed by atoms with Crippen LogP contribution in [-0.4, -0.2) is 12.9 Å². The third kappa shape index (κ3) is 5.73. The highest BCUT2D eigenvalue weighted by atomic mass is 16.7. The van der Waals surface area contributed by atoms with Crippen LogP contribution in [0, 0.1) is 6.92 Å². The molecule has 0 aliphatic rings. The summed E-state index contributed by atoms with van der Waals surface area (Å²) in [6.07, 6.45) is -0.449. The summed E-state index contributed by atoms with van der Waals surface area (Å²) >= 11 is 0. The normalized spacial score (nSPS) is 10.8. The molecule has 0 radical (unpaired) electrons. The predicted octanol–water partition coefficient (Wildman–Crippen LogP) is 5.13. The van der Waals surface area contributed by atoms with E-state index in [1.165, 1.54) is 0 Å². The second-order valence-corrected chi connectivity index (χ2v) is 6.10. The molecule has 3 nitrogen and oxygen atoms in total. The Bertz CT molecular complexity index is 728. The van der Waals surface area contributed by atoms with E-state index in [0.29, 0.717) is 19.8 Å². The first-order valence-corrected chi connectivity index (χ1v) is 8.81. The molecule has 3 rings (SSSR count). The highest BCUT2D eigenvalue weighted by Gasteiger charge is 2.12. The van der Waals surface area contributed by atoms with Crippen molar-refractivity contribution in [2.45, 2.75) is 26.4 Å². The van der Waals surface area contributed by atoms with Crippen LogP contribution in [0.25, 0.3) is 0 Å². The fraction of sp³-hybridized carbons (Fsp3) is 0.217. The van der Waals surface area contributed by atoms with Gasteiger partial charge in [-0.15, -0.1) is 0 Å². The summed E-state index contributed by atoms with van der Waals surface area (Å²) in [6, 6.07) is 28.1. The van der Waals surface area contributed by atoms with Crippen molar-refractivity contribution in [1.82, 2.24) is 0 Å². The number of hydrogen-bond donors (Lipinski definition) is 0. The van der Waals surface area contributed by atoms with Gasteiger partial charge in [-0.3, -0.25) is 0 Å². The topological polar surface area (TPSA) is 27.7 Å². The van der Waals surface area contributed by atoms with Crippen molar-refractivity contribution in [3.05, 3.63) is 102 Å². The first-order chi connectivity index (χ1) is 12.8. The SMILES string of the molecule is Cc1ccccc1OCC(OCc1ccccc1)OCc1ccccc1. The largest absolute Gasteiger partial charge is 0.488 e. The molecule has 0 N–H and O–H groups in total. The Balaban J connectivity index is 1.59. The minimum atomic E-state index is -0.449. The molecule has 0 saturated heterocycles. The fourth-order valence-corrected chi connectivity index (χ4v) is 2.55. The highest BCUT2D eigenvalue weighted by Crippen LogP contribution is 2.17. The minimum absolute atomic E-state index is 0.338. The highest BCUT2D eigenvalue weighted by molar-refractivity contribution is 5.31. The summed E-state index contributed by atoms with van der Waals surface area (Å²) in [7, 11) is 0. The zero-order valence-corrected chi connectivity index (χ0v) is 15.0. The smallest absolute Gasteiger partial charge is 0.192 e. The van der Waals surface area contributed by atoms with E-state index < -0.39 is 6.29 Å². The molecule has 0 spiro atoms. The first-order valence-electron chi connectivity index (χ1n) is 8.81. The van der Waals surface area contributed by atoms with E-state index in [0.717, 1.165) is 22.4 Å². The molecule has 0 heterocycles. The van der Waals surface area contributed by atoms with Gasteiger partial charge in [-0.1, -0.05) is 78.9 Å². The lowest BCUT2D eigenvalue weighted by Gasteiger charge is -2.20. The maximum Gasteiger partial charge on any atom is 0.192 e. The first kappa shape index (κ1) is 18.2. The van der Waals surface area contributed by atoms with Gasteiger partial charge in [0, 0.05) is 0 Å². The van der Waals surface area contributed by atoms with Crippen molar-refractivity contribution in [2.24, 2.45) is 0 Å². The number of hydrogen-bond acceptors (Lipinski definition) is 3. The van der Waals surface area contributed by atoms with Crippen molar-refractivity contribution in [3.63, 3.8) is 0 Å². The molecule has 0 atom stereocenters. The second kappa shape index (κ2) is 9.76. The van der Waals surface area contributed by atoms with Crippen molar-refractivity contribution >= 4 is 0 Å². The van der Waals surface area contributed by atoms with E-state index in [1.54, 1.807) is 0 Å². The molecule has 0 aromatic heterocycles. The summed E-state index contributed by atoms with van der Waals surface area (Å²) < 4.78 is 17.9. The van der Waals surface area contributed by atoms with Gasteiger partial charge in [0.05, 0.1) is 13.2 Å². The summed E-state index contributed by atoms with van der Waals surface area (Å²) in [5, 5.41) is 0. The van der Waals surface area contributed by atoms with Gasteiger partial charge in [0.2, 0.25) is 0 Å². The maximum atomic E-state index is 5.96. The Kier molecular flexibility index (Phi) is 6.82. The number of ether oxygens (including phenoxy) is 3. The summed E-state index contributed by atoms with van der Waals surface area (Å²) in [4.78, 5) is 0. The van der Waals surface area contributed by atoms with E-state index in [-0.39, 0.29) is 0 Å². The molecule has 134 valence electrons. The van der Waals surface area contributed by atoms with E-state index in [4.69, 9.17) is 14.2 Å². The molecule has 3 aromatic rings. The van der Waals surface area contributed by atoms with Crippen LogP contribution in [0.5, 0.6) is 5.75 Å². The molecular weight excluding hydrogens is 324 g/mol. The molecule has 0 aliphatic carbocycles. The lowest BCUT2D eigenvalue weighted by Crippen LogP contribution is -2.25. The average molecular weight is 348 g/mol. The molecule has 26 heavy (non-hydrogen) atoms. The number of para-hydroxylation sites is 1. The lowest BCUT2D eigenvalue weighted by atomic mass is 10.2. The number of aryl methyl sites for hydroxylation is 1. The van der Waals surface area contributed by atoms with Crippen LogP contribution in [0.2, 0.25) is 0 Å². The lowest BCUT2D eigenvalue weighted by molar-refractivity contribution is -0.171. The monoisotopic (exact) mass is 348 g/mol. The number of rotatable bonds is 9. The molecule has 0 fully saturated rings. The van der Waals surface area contributed by atoms with Crippen LogP contribution in [0.15, 0.2) is 84.9 Å². The zero-order chi connectivity index (χ0) is 18.0. The van der Waals surface area contributed by atoms with E-state index in [2.05, 4.69) is 0 Å². The van der Waals surface area contributed by atoms with Crippen LogP contribution < -0.4 is 4.74 Å². The molecule has 3 heteroatoms. The van der Waals surface area contributed by atoms with Crippen molar-refractivity contribution in [3.8, 4) is 5.75 Å². The molecular formula is C23H24O3. The quantitative estimate of drug-likeness (QED) is 0.502. The van der Waals surface area contributed by atoms with Crippen LogP contribution in [0.1, 0.15) is 16.7 Å². The Hall–Kier alpha value is -2.62. The summed E-state index contributed by atoms with van der Waals surface area (Å²) in [6.45, 7) is 3.33. The Morgan fingerprint density at radius 3 is 1.69 bits per heavy atom. The van der Waals surface area contributed by atoms with Gasteiger partial charge in [-0.25, -0.2) is 0 Å². The number of benzene rings is 3. The Labute approximate surface area is 155 Å². The molecule has 0 unspecified atom stereocenters. The molecule has 0 saturated carbocycles. The van der Waals surface area contributed by atoms with Gasteiger partial charge in [0.15, 0.2) is 6.29 Å².